The fourth-order valence-electron chi connectivity index (χ4n) is 2.69. The zero-order valence-corrected chi connectivity index (χ0v) is 12.4. The maximum atomic E-state index is 5.56. The number of anilines is 1. The van der Waals surface area contributed by atoms with E-state index in [4.69, 9.17) is 4.42 Å². The Hall–Kier alpha value is -1.10. The first-order chi connectivity index (χ1) is 9.20. The molecule has 0 bridgehead atoms. The van der Waals surface area contributed by atoms with E-state index in [1.165, 1.54) is 25.9 Å². The highest BCUT2D eigenvalue weighted by molar-refractivity contribution is 5.17. The van der Waals surface area contributed by atoms with Gasteiger partial charge in [-0.05, 0) is 38.3 Å². The van der Waals surface area contributed by atoms with E-state index >= 15 is 0 Å². The first kappa shape index (κ1) is 14.3. The molecule has 2 rings (SSSR count). The maximum absolute atomic E-state index is 5.56. The highest BCUT2D eigenvalue weighted by atomic mass is 16.4. The topological polar surface area (TPSA) is 54.2 Å². The highest BCUT2D eigenvalue weighted by Crippen LogP contribution is 2.18. The van der Waals surface area contributed by atoms with Crippen molar-refractivity contribution in [2.45, 2.75) is 52.5 Å². The smallest absolute Gasteiger partial charge is 0.315 e. The third kappa shape index (κ3) is 3.93. The lowest BCUT2D eigenvalue weighted by Gasteiger charge is -2.30. The standard InChI is InChI=1S/C14H26N4O/c1-4-7-13-16-17-14(19-13)15-10-12(11(2)3)18-8-5-6-9-18/h11-12H,4-10H2,1-3H3,(H,15,17)/t12-/m1/s1. The van der Waals surface area contributed by atoms with Gasteiger partial charge in [0.15, 0.2) is 0 Å². The average Bonchev–Trinajstić information content (AvgIpc) is 3.01. The third-order valence-corrected chi connectivity index (χ3v) is 3.77. The minimum Gasteiger partial charge on any atom is -0.408 e. The summed E-state index contributed by atoms with van der Waals surface area (Å²) < 4.78 is 5.56. The zero-order valence-electron chi connectivity index (χ0n) is 12.4. The van der Waals surface area contributed by atoms with E-state index in [9.17, 15) is 0 Å². The largest absolute Gasteiger partial charge is 0.408 e. The van der Waals surface area contributed by atoms with Crippen molar-refractivity contribution in [2.75, 3.05) is 25.0 Å². The van der Waals surface area contributed by atoms with Crippen LogP contribution in [0.5, 0.6) is 0 Å². The van der Waals surface area contributed by atoms with Crippen molar-refractivity contribution >= 4 is 6.01 Å². The van der Waals surface area contributed by atoms with Gasteiger partial charge in [0.2, 0.25) is 5.89 Å². The van der Waals surface area contributed by atoms with E-state index in [1.54, 1.807) is 0 Å². The van der Waals surface area contributed by atoms with E-state index in [0.29, 0.717) is 18.0 Å². The molecule has 1 aliphatic heterocycles. The number of nitrogens with zero attached hydrogens (tertiary/aromatic N) is 3. The van der Waals surface area contributed by atoms with Gasteiger partial charge in [0.25, 0.3) is 0 Å². The summed E-state index contributed by atoms with van der Waals surface area (Å²) in [6, 6.07) is 1.11. The summed E-state index contributed by atoms with van der Waals surface area (Å²) in [5, 5.41) is 11.4. The Kier molecular flexibility index (Phi) is 5.19. The molecule has 0 aromatic carbocycles. The second-order valence-corrected chi connectivity index (χ2v) is 5.69. The van der Waals surface area contributed by atoms with Gasteiger partial charge < -0.3 is 9.73 Å². The molecule has 19 heavy (non-hydrogen) atoms. The Morgan fingerprint density at radius 1 is 1.26 bits per heavy atom. The van der Waals surface area contributed by atoms with Gasteiger partial charge in [-0.15, -0.1) is 5.10 Å². The van der Waals surface area contributed by atoms with Crippen molar-refractivity contribution in [3.8, 4) is 0 Å². The second kappa shape index (κ2) is 6.89. The Labute approximate surface area is 115 Å². The summed E-state index contributed by atoms with van der Waals surface area (Å²) in [7, 11) is 0. The first-order valence-electron chi connectivity index (χ1n) is 7.51. The van der Waals surface area contributed by atoms with E-state index in [2.05, 4.69) is 41.2 Å². The lowest BCUT2D eigenvalue weighted by Crippen LogP contribution is -2.41. The average molecular weight is 266 g/mol. The third-order valence-electron chi connectivity index (χ3n) is 3.77. The van der Waals surface area contributed by atoms with Crippen LogP contribution in [0.3, 0.4) is 0 Å². The molecule has 2 heterocycles. The fraction of sp³-hybridized carbons (Fsp3) is 0.857. The van der Waals surface area contributed by atoms with Crippen molar-refractivity contribution in [3.05, 3.63) is 5.89 Å². The van der Waals surface area contributed by atoms with Gasteiger partial charge in [-0.3, -0.25) is 4.90 Å². The number of aryl methyl sites for hydroxylation is 1. The lowest BCUT2D eigenvalue weighted by atomic mass is 10.0. The molecule has 108 valence electrons. The molecule has 0 amide bonds. The van der Waals surface area contributed by atoms with Crippen molar-refractivity contribution in [3.63, 3.8) is 0 Å². The quantitative estimate of drug-likeness (QED) is 0.822. The van der Waals surface area contributed by atoms with Crippen molar-refractivity contribution in [2.24, 2.45) is 5.92 Å². The summed E-state index contributed by atoms with van der Waals surface area (Å²) in [5.74, 6) is 1.36. The monoisotopic (exact) mass is 266 g/mol. The molecule has 0 saturated carbocycles. The number of hydrogen-bond acceptors (Lipinski definition) is 5. The van der Waals surface area contributed by atoms with Crippen LogP contribution < -0.4 is 5.32 Å². The van der Waals surface area contributed by atoms with Gasteiger partial charge in [-0.25, -0.2) is 0 Å². The minimum absolute atomic E-state index is 0.545. The Morgan fingerprint density at radius 3 is 2.63 bits per heavy atom. The van der Waals surface area contributed by atoms with Crippen LogP contribution in [-0.4, -0.2) is 40.8 Å². The molecular weight excluding hydrogens is 240 g/mol. The molecule has 0 aliphatic carbocycles. The van der Waals surface area contributed by atoms with E-state index in [0.717, 1.165) is 25.3 Å². The normalized spacial score (nSPS) is 18.1. The molecule has 0 radical (unpaired) electrons. The molecular formula is C14H26N4O. The predicted octanol–water partition coefficient (Wildman–Crippen LogP) is 2.55. The maximum Gasteiger partial charge on any atom is 0.315 e. The summed E-state index contributed by atoms with van der Waals surface area (Å²) >= 11 is 0. The van der Waals surface area contributed by atoms with Gasteiger partial charge in [-0.1, -0.05) is 25.9 Å². The van der Waals surface area contributed by atoms with Crippen LogP contribution in [0.15, 0.2) is 4.42 Å². The second-order valence-electron chi connectivity index (χ2n) is 5.69. The van der Waals surface area contributed by atoms with Gasteiger partial charge in [0.05, 0.1) is 0 Å². The molecule has 1 aromatic rings. The summed E-state index contributed by atoms with van der Waals surface area (Å²) in [6.07, 6.45) is 4.54. The zero-order chi connectivity index (χ0) is 13.7. The summed E-state index contributed by atoms with van der Waals surface area (Å²) in [6.45, 7) is 9.98. The molecule has 1 fully saturated rings. The minimum atomic E-state index is 0.545. The Bertz CT molecular complexity index is 371. The van der Waals surface area contributed by atoms with Crippen LogP contribution >= 0.6 is 0 Å². The van der Waals surface area contributed by atoms with Gasteiger partial charge >= 0.3 is 6.01 Å². The molecule has 1 aliphatic rings. The van der Waals surface area contributed by atoms with Crippen LogP contribution in [-0.2, 0) is 6.42 Å². The van der Waals surface area contributed by atoms with Gasteiger partial charge in [-0.2, -0.15) is 0 Å². The molecule has 0 spiro atoms. The van der Waals surface area contributed by atoms with E-state index in [1.807, 2.05) is 0 Å². The highest BCUT2D eigenvalue weighted by Gasteiger charge is 2.24. The predicted molar refractivity (Wildman–Crippen MR) is 76.2 cm³/mol. The molecule has 0 unspecified atom stereocenters. The molecule has 5 heteroatoms. The lowest BCUT2D eigenvalue weighted by molar-refractivity contribution is 0.200. The molecule has 1 saturated heterocycles. The number of rotatable bonds is 7. The Balaban J connectivity index is 1.86. The Morgan fingerprint density at radius 2 is 2.00 bits per heavy atom. The first-order valence-corrected chi connectivity index (χ1v) is 7.51. The fourth-order valence-corrected chi connectivity index (χ4v) is 2.69. The molecule has 1 atom stereocenters. The van der Waals surface area contributed by atoms with Crippen LogP contribution in [0.25, 0.3) is 0 Å². The van der Waals surface area contributed by atoms with Crippen LogP contribution in [0.4, 0.5) is 6.01 Å². The molecule has 1 N–H and O–H groups in total. The number of aromatic nitrogens is 2. The summed E-state index contributed by atoms with van der Waals surface area (Å²) in [4.78, 5) is 2.57. The van der Waals surface area contributed by atoms with E-state index in [-0.39, 0.29) is 0 Å². The number of hydrogen-bond donors (Lipinski definition) is 1. The van der Waals surface area contributed by atoms with Gasteiger partial charge in [0, 0.05) is 19.0 Å². The molecule has 5 nitrogen and oxygen atoms in total. The summed E-state index contributed by atoms with van der Waals surface area (Å²) in [5.41, 5.74) is 0. The SMILES string of the molecule is CCCc1nnc(NC[C@H](C(C)C)N2CCCC2)o1. The van der Waals surface area contributed by atoms with Crippen molar-refractivity contribution in [1.82, 2.24) is 15.1 Å². The van der Waals surface area contributed by atoms with Gasteiger partial charge in [0.1, 0.15) is 0 Å². The van der Waals surface area contributed by atoms with Crippen molar-refractivity contribution < 1.29 is 4.42 Å². The number of nitrogens with one attached hydrogen (secondary N) is 1. The van der Waals surface area contributed by atoms with E-state index < -0.39 is 0 Å². The van der Waals surface area contributed by atoms with Crippen molar-refractivity contribution in [1.29, 1.82) is 0 Å². The molecule has 1 aromatic heterocycles. The number of likely N-dealkylation sites (tertiary alicyclic amines) is 1. The van der Waals surface area contributed by atoms with Crippen LogP contribution in [0, 0.1) is 5.92 Å². The van der Waals surface area contributed by atoms with Crippen LogP contribution in [0.2, 0.25) is 0 Å². The van der Waals surface area contributed by atoms with Crippen LogP contribution in [0.1, 0.15) is 45.9 Å².